The lowest BCUT2D eigenvalue weighted by molar-refractivity contribution is -0.153. The number of benzene rings is 2. The molecule has 1 saturated heterocycles. The second kappa shape index (κ2) is 19.7. The Hall–Kier alpha value is -4.89. The zero-order chi connectivity index (χ0) is 42.5. The summed E-state index contributed by atoms with van der Waals surface area (Å²) < 4.78 is 51.3. The molecule has 2 aromatic rings. The van der Waals surface area contributed by atoms with Gasteiger partial charge in [0.2, 0.25) is 11.6 Å². The van der Waals surface area contributed by atoms with Gasteiger partial charge < -0.3 is 34.3 Å². The molecule has 0 aliphatic carbocycles. The van der Waals surface area contributed by atoms with Gasteiger partial charge in [-0.1, -0.05) is 61.9 Å². The standard InChI is InChI=1S/C24H29FO5.C20H23FO6.FH/c1-13-10-15(3)20-17(11-13)8-7-9-19-22(30-24(5,6)29-19)21(26)18(25)12-14(2)16(4)28-23(20)27;1-10-7-13-5-4-6-15(22)19(25)18(24)14(21)9-11(2)12(3)27-20(26)17(13)16(23)8-10;/h7-8,10-12,14,16,19,22H,9H2,1-6H3;4-5,7-9,11-12,15,19,22-23,25H,6H2,1-3H3;1H/b8-7+,18-12+;5-4+,14-9+;/t14-,16+,19+,22+;11-,12+,15+,19+;/m11./s1. The number of halogens is 3. The first-order valence-electron chi connectivity index (χ1n) is 18.8. The highest BCUT2D eigenvalue weighted by molar-refractivity contribution is 5.99. The number of fused-ring (bicyclic) bond motifs is 3. The zero-order valence-corrected chi connectivity index (χ0v) is 34.1. The Bertz CT molecular complexity index is 2000. The number of aliphatic hydroxyl groups excluding tert-OH is 2. The van der Waals surface area contributed by atoms with Crippen molar-refractivity contribution in [2.24, 2.45) is 11.8 Å². The number of Topliss-reactive ketones (excluding diaryl/α,β-unsaturated/α-hetero) is 2. The quantitative estimate of drug-likeness (QED) is 0.226. The first-order chi connectivity index (χ1) is 26.6. The molecule has 1 fully saturated rings. The molecule has 58 heavy (non-hydrogen) atoms. The summed E-state index contributed by atoms with van der Waals surface area (Å²) in [5.74, 6) is -7.80. The van der Waals surface area contributed by atoms with Crippen molar-refractivity contribution < 1.29 is 66.9 Å². The van der Waals surface area contributed by atoms with E-state index in [1.54, 1.807) is 40.7 Å². The number of carbonyl (C=O) groups is 4. The number of ketones is 2. The molecule has 8 atom stereocenters. The summed E-state index contributed by atoms with van der Waals surface area (Å²) in [6.45, 7) is 15.4. The number of cyclic esters (lactones) is 2. The van der Waals surface area contributed by atoms with Crippen LogP contribution in [0.2, 0.25) is 0 Å². The Labute approximate surface area is 336 Å². The number of hydrogen-bond acceptors (Lipinski definition) is 11. The van der Waals surface area contributed by atoms with E-state index in [0.29, 0.717) is 23.1 Å². The van der Waals surface area contributed by atoms with Crippen LogP contribution >= 0.6 is 0 Å². The first kappa shape index (κ1) is 47.5. The van der Waals surface area contributed by atoms with E-state index in [0.717, 1.165) is 22.8 Å². The molecule has 2 aromatic carbocycles. The van der Waals surface area contributed by atoms with Crippen molar-refractivity contribution in [3.63, 3.8) is 0 Å². The summed E-state index contributed by atoms with van der Waals surface area (Å²) >= 11 is 0. The Kier molecular flexibility index (Phi) is 16.1. The largest absolute Gasteiger partial charge is 0.507 e. The first-order valence-corrected chi connectivity index (χ1v) is 18.8. The second-order valence-electron chi connectivity index (χ2n) is 15.4. The van der Waals surface area contributed by atoms with Gasteiger partial charge in [-0.25, -0.2) is 18.4 Å². The third-order valence-electron chi connectivity index (χ3n) is 9.98. The van der Waals surface area contributed by atoms with Crippen LogP contribution < -0.4 is 0 Å². The lowest BCUT2D eigenvalue weighted by Gasteiger charge is -2.21. The molecule has 14 heteroatoms. The van der Waals surface area contributed by atoms with Crippen molar-refractivity contribution in [3.8, 4) is 5.75 Å². The number of hydrogen-bond donors (Lipinski definition) is 3. The topological polar surface area (TPSA) is 166 Å². The second-order valence-corrected chi connectivity index (χ2v) is 15.4. The number of aliphatic hydroxyl groups is 2. The van der Waals surface area contributed by atoms with Gasteiger partial charge in [-0.15, -0.1) is 0 Å². The van der Waals surface area contributed by atoms with E-state index in [4.69, 9.17) is 18.9 Å². The molecule has 0 amide bonds. The molecule has 3 heterocycles. The predicted octanol–water partition coefficient (Wildman–Crippen LogP) is 7.44. The van der Waals surface area contributed by atoms with E-state index in [-0.39, 0.29) is 22.4 Å². The maximum Gasteiger partial charge on any atom is 0.342 e. The lowest BCUT2D eigenvalue weighted by atomic mass is 9.96. The van der Waals surface area contributed by atoms with Gasteiger partial charge in [-0.2, -0.15) is 0 Å². The molecule has 0 aromatic heterocycles. The molecule has 3 aliphatic rings. The molecule has 0 unspecified atom stereocenters. The van der Waals surface area contributed by atoms with Crippen LogP contribution in [0.15, 0.2) is 60.2 Å². The van der Waals surface area contributed by atoms with Crippen molar-refractivity contribution in [3.05, 3.63) is 99.2 Å². The molecule has 11 nitrogen and oxygen atoms in total. The normalized spacial score (nSPS) is 30.9. The van der Waals surface area contributed by atoms with Crippen LogP contribution in [-0.4, -0.2) is 81.2 Å². The van der Waals surface area contributed by atoms with Crippen molar-refractivity contribution >= 4 is 35.7 Å². The van der Waals surface area contributed by atoms with Gasteiger partial charge in [0.15, 0.2) is 23.5 Å². The molecule has 5 rings (SSSR count). The van der Waals surface area contributed by atoms with Crippen molar-refractivity contribution in [2.45, 2.75) is 118 Å². The molecule has 0 radical (unpaired) electrons. The summed E-state index contributed by atoms with van der Waals surface area (Å²) in [4.78, 5) is 50.1. The number of aryl methyl sites for hydroxylation is 3. The Morgan fingerprint density at radius 2 is 1.17 bits per heavy atom. The maximum atomic E-state index is 14.7. The van der Waals surface area contributed by atoms with Crippen LogP contribution in [-0.2, 0) is 28.5 Å². The SMILES string of the molecule is Cc1cc(C)c2c(c1)/C=C/C[C@@H]1OC(C)(C)O[C@@H]1C(=O)/C(F)=C\[C@@H](C)[C@H](C)OC2=O.Cc1cc(O)c2c(c1)/C=C/C[C@H](O)[C@H](O)C(=O)/C(F)=C\[C@@H](C)[C@H](C)OC2=O.F. The van der Waals surface area contributed by atoms with Gasteiger partial charge in [0.1, 0.15) is 29.6 Å². The highest BCUT2D eigenvalue weighted by Crippen LogP contribution is 2.34. The number of carbonyl (C=O) groups excluding carboxylic acids is 4. The predicted molar refractivity (Wildman–Crippen MR) is 211 cm³/mol. The molecule has 0 spiro atoms. The molecule has 0 saturated carbocycles. The van der Waals surface area contributed by atoms with Gasteiger partial charge in [0, 0.05) is 11.8 Å². The van der Waals surface area contributed by atoms with Crippen molar-refractivity contribution in [1.29, 1.82) is 0 Å². The third-order valence-corrected chi connectivity index (χ3v) is 9.98. The number of phenolic OH excluding ortho intramolecular Hbond substituents is 1. The monoisotopic (exact) mass is 814 g/mol. The maximum absolute atomic E-state index is 14.7. The van der Waals surface area contributed by atoms with Gasteiger partial charge >= 0.3 is 11.9 Å². The summed E-state index contributed by atoms with van der Waals surface area (Å²) in [7, 11) is 0. The van der Waals surface area contributed by atoms with E-state index in [1.807, 2.05) is 38.1 Å². The lowest BCUT2D eigenvalue weighted by Crippen LogP contribution is -2.34. The Morgan fingerprint density at radius 1 is 0.690 bits per heavy atom. The number of aromatic hydroxyl groups is 1. The van der Waals surface area contributed by atoms with E-state index < -0.39 is 89.4 Å². The minimum absolute atomic E-state index is 0. The molecule has 0 bridgehead atoms. The average molecular weight is 815 g/mol. The van der Waals surface area contributed by atoms with Gasteiger partial charge in [-0.05, 0) is 102 Å². The van der Waals surface area contributed by atoms with Gasteiger partial charge in [0.25, 0.3) is 0 Å². The van der Waals surface area contributed by atoms with E-state index >= 15 is 0 Å². The number of phenols is 1. The van der Waals surface area contributed by atoms with Crippen LogP contribution in [0.1, 0.15) is 103 Å². The van der Waals surface area contributed by atoms with Crippen molar-refractivity contribution in [2.75, 3.05) is 0 Å². The molecule has 316 valence electrons. The summed E-state index contributed by atoms with van der Waals surface area (Å²) in [6.07, 6.45) is 2.32. The summed E-state index contributed by atoms with van der Waals surface area (Å²) in [5, 5.41) is 30.0. The fourth-order valence-corrected chi connectivity index (χ4v) is 6.60. The van der Waals surface area contributed by atoms with E-state index in [1.165, 1.54) is 38.1 Å². The van der Waals surface area contributed by atoms with Crippen LogP contribution in [0.3, 0.4) is 0 Å². The van der Waals surface area contributed by atoms with Gasteiger partial charge in [0.05, 0.1) is 17.8 Å². The number of ether oxygens (including phenoxy) is 4. The summed E-state index contributed by atoms with van der Waals surface area (Å²) in [5.41, 5.74) is 4.06. The molecular weight excluding hydrogens is 761 g/mol. The minimum atomic E-state index is -1.91. The molecule has 3 N–H and O–H groups in total. The fraction of sp³-hybridized carbons (Fsp3) is 0.455. The minimum Gasteiger partial charge on any atom is -0.507 e. The Morgan fingerprint density at radius 3 is 1.74 bits per heavy atom. The van der Waals surface area contributed by atoms with Crippen LogP contribution in [0, 0.1) is 32.6 Å². The van der Waals surface area contributed by atoms with E-state index in [9.17, 15) is 43.3 Å². The van der Waals surface area contributed by atoms with Crippen LogP contribution in [0.5, 0.6) is 5.75 Å². The highest BCUT2D eigenvalue weighted by atomic mass is 19.1. The summed E-state index contributed by atoms with van der Waals surface area (Å²) in [6, 6.07) is 6.91. The third kappa shape index (κ3) is 11.6. The average Bonchev–Trinajstić information content (AvgIpc) is 3.42. The smallest absolute Gasteiger partial charge is 0.342 e. The van der Waals surface area contributed by atoms with Crippen molar-refractivity contribution in [1.82, 2.24) is 0 Å². The molecule has 3 aliphatic heterocycles. The number of rotatable bonds is 0. The highest BCUT2D eigenvalue weighted by Gasteiger charge is 2.45. The zero-order valence-electron chi connectivity index (χ0n) is 34.1. The number of esters is 2. The molecular formula is C44H53F3O11. The van der Waals surface area contributed by atoms with E-state index in [2.05, 4.69) is 0 Å². The fourth-order valence-electron chi connectivity index (χ4n) is 6.60. The Balaban J connectivity index is 0.000000307. The van der Waals surface area contributed by atoms with Gasteiger partial charge in [-0.3, -0.25) is 14.3 Å². The van der Waals surface area contributed by atoms with Crippen LogP contribution in [0.4, 0.5) is 13.5 Å². The van der Waals surface area contributed by atoms with Crippen LogP contribution in [0.25, 0.3) is 12.2 Å².